The van der Waals surface area contributed by atoms with Crippen LogP contribution in [0.5, 0.6) is 0 Å². The van der Waals surface area contributed by atoms with Crippen molar-refractivity contribution >= 4 is 21.1 Å². The molecule has 0 spiro atoms. The molecular formula is C22H20F6N4O2S. The Morgan fingerprint density at radius 3 is 2.43 bits per heavy atom. The molecule has 0 aromatic carbocycles. The summed E-state index contributed by atoms with van der Waals surface area (Å²) in [6.07, 6.45) is -2.87. The number of halogens is 6. The fourth-order valence-electron chi connectivity index (χ4n) is 4.27. The van der Waals surface area contributed by atoms with Gasteiger partial charge in [0.25, 0.3) is 6.43 Å². The Balaban J connectivity index is 1.69. The summed E-state index contributed by atoms with van der Waals surface area (Å²) < 4.78 is 112. The predicted octanol–water partition coefficient (Wildman–Crippen LogP) is 5.37. The van der Waals surface area contributed by atoms with Crippen LogP contribution < -0.4 is 4.72 Å². The van der Waals surface area contributed by atoms with E-state index in [4.69, 9.17) is 0 Å². The van der Waals surface area contributed by atoms with Gasteiger partial charge in [0.1, 0.15) is 23.2 Å². The minimum absolute atomic E-state index is 0.00866. The monoisotopic (exact) mass is 518 g/mol. The molecule has 0 bridgehead atoms. The van der Waals surface area contributed by atoms with Crippen molar-refractivity contribution in [2.75, 3.05) is 0 Å². The van der Waals surface area contributed by atoms with Crippen LogP contribution in [0.3, 0.4) is 0 Å². The maximum absolute atomic E-state index is 15.2. The standard InChI is InChI=1S/C22H20F6N4O2S/c23-16-9-14-15(18(20(24)25)31-35(33,34)12-6-7-12)10-32(11-3-1-4-11)21(14)30-17(16)13-5-2-8-29-19(13)22(26,27)28/h2,5,8-12,18,20,31H,1,3-4,6-7H2. The number of aromatic nitrogens is 3. The molecule has 2 fully saturated rings. The van der Waals surface area contributed by atoms with Crippen molar-refractivity contribution in [3.05, 3.63) is 47.7 Å². The van der Waals surface area contributed by atoms with Gasteiger partial charge < -0.3 is 4.57 Å². The summed E-state index contributed by atoms with van der Waals surface area (Å²) in [5.74, 6) is -1.17. The van der Waals surface area contributed by atoms with Gasteiger partial charge in [0.05, 0.1) is 5.25 Å². The fourth-order valence-corrected chi connectivity index (χ4v) is 5.81. The second-order valence-electron chi connectivity index (χ2n) is 8.84. The molecule has 13 heteroatoms. The highest BCUT2D eigenvalue weighted by atomic mass is 32.2. The second kappa shape index (κ2) is 8.47. The lowest BCUT2D eigenvalue weighted by Crippen LogP contribution is -2.35. The van der Waals surface area contributed by atoms with Gasteiger partial charge in [-0.2, -0.15) is 13.2 Å². The molecule has 3 heterocycles. The number of nitrogens with one attached hydrogen (secondary N) is 1. The van der Waals surface area contributed by atoms with Crippen molar-refractivity contribution in [1.29, 1.82) is 0 Å². The molecule has 35 heavy (non-hydrogen) atoms. The van der Waals surface area contributed by atoms with Crippen LogP contribution >= 0.6 is 0 Å². The van der Waals surface area contributed by atoms with Crippen molar-refractivity contribution in [2.45, 2.75) is 62.0 Å². The first-order valence-electron chi connectivity index (χ1n) is 11.0. The molecule has 2 aliphatic rings. The number of nitrogens with zero attached hydrogens (tertiary/aromatic N) is 3. The van der Waals surface area contributed by atoms with E-state index in [-0.39, 0.29) is 22.6 Å². The van der Waals surface area contributed by atoms with Gasteiger partial charge in [0.15, 0.2) is 5.69 Å². The van der Waals surface area contributed by atoms with Crippen molar-refractivity contribution in [3.63, 3.8) is 0 Å². The van der Waals surface area contributed by atoms with Crippen LogP contribution in [0.15, 0.2) is 30.6 Å². The summed E-state index contributed by atoms with van der Waals surface area (Å²) in [6, 6.07) is 0.963. The zero-order valence-corrected chi connectivity index (χ0v) is 18.9. The Hall–Kier alpha value is -2.67. The van der Waals surface area contributed by atoms with Crippen LogP contribution in [-0.4, -0.2) is 34.6 Å². The van der Waals surface area contributed by atoms with Gasteiger partial charge in [-0.15, -0.1) is 0 Å². The Labute approximate surface area is 196 Å². The number of fused-ring (bicyclic) bond motifs is 1. The number of sulfonamides is 1. The fraction of sp³-hybridized carbons (Fsp3) is 0.455. The third-order valence-electron chi connectivity index (χ3n) is 6.43. The van der Waals surface area contributed by atoms with Crippen molar-refractivity contribution in [2.24, 2.45) is 0 Å². The van der Waals surface area contributed by atoms with Crippen LogP contribution in [-0.2, 0) is 16.2 Å². The van der Waals surface area contributed by atoms with E-state index in [9.17, 15) is 30.4 Å². The molecule has 1 atom stereocenters. The normalized spacial score (nSPS) is 18.3. The lowest BCUT2D eigenvalue weighted by Gasteiger charge is -2.27. The maximum atomic E-state index is 15.2. The van der Waals surface area contributed by atoms with Crippen molar-refractivity contribution < 1.29 is 34.8 Å². The smallest absolute Gasteiger partial charge is 0.329 e. The molecule has 3 aromatic heterocycles. The van der Waals surface area contributed by atoms with Gasteiger partial charge in [0.2, 0.25) is 10.0 Å². The van der Waals surface area contributed by atoms with Crippen LogP contribution in [0.4, 0.5) is 26.3 Å². The number of pyridine rings is 2. The van der Waals surface area contributed by atoms with Gasteiger partial charge in [0, 0.05) is 34.9 Å². The molecule has 3 aromatic rings. The van der Waals surface area contributed by atoms with Crippen LogP contribution in [0.25, 0.3) is 22.3 Å². The molecule has 0 aliphatic heterocycles. The highest BCUT2D eigenvalue weighted by Gasteiger charge is 2.41. The van der Waals surface area contributed by atoms with E-state index >= 15 is 4.39 Å². The van der Waals surface area contributed by atoms with Crippen LogP contribution in [0.2, 0.25) is 0 Å². The Kier molecular flexibility index (Phi) is 5.82. The number of rotatable bonds is 7. The molecule has 2 saturated carbocycles. The average molecular weight is 518 g/mol. The topological polar surface area (TPSA) is 76.9 Å². The highest BCUT2D eigenvalue weighted by molar-refractivity contribution is 7.90. The van der Waals surface area contributed by atoms with E-state index in [1.807, 2.05) is 4.72 Å². The summed E-state index contributed by atoms with van der Waals surface area (Å²) >= 11 is 0. The zero-order valence-electron chi connectivity index (χ0n) is 18.1. The SMILES string of the molecule is O=S(=O)(NC(c1cn(C2CCC2)c2nc(-c3cccnc3C(F)(F)F)c(F)cc12)C(F)F)C1CC1. The predicted molar refractivity (Wildman–Crippen MR) is 115 cm³/mol. The largest absolute Gasteiger partial charge is 0.434 e. The van der Waals surface area contributed by atoms with Crippen molar-refractivity contribution in [1.82, 2.24) is 19.3 Å². The summed E-state index contributed by atoms with van der Waals surface area (Å²) in [5, 5.41) is -0.837. The summed E-state index contributed by atoms with van der Waals surface area (Å²) in [7, 11) is -4.02. The van der Waals surface area contributed by atoms with Gasteiger partial charge in [-0.25, -0.2) is 31.3 Å². The van der Waals surface area contributed by atoms with E-state index in [2.05, 4.69) is 9.97 Å². The average Bonchev–Trinajstić information content (AvgIpc) is 3.55. The molecule has 6 nitrogen and oxygen atoms in total. The lowest BCUT2D eigenvalue weighted by atomic mass is 9.93. The van der Waals surface area contributed by atoms with Gasteiger partial charge in [-0.3, -0.25) is 4.98 Å². The molecule has 1 unspecified atom stereocenters. The lowest BCUT2D eigenvalue weighted by molar-refractivity contribution is -0.140. The van der Waals surface area contributed by atoms with E-state index in [0.29, 0.717) is 25.7 Å². The zero-order chi connectivity index (χ0) is 25.1. The summed E-state index contributed by atoms with van der Waals surface area (Å²) in [6.45, 7) is 0. The highest BCUT2D eigenvalue weighted by Crippen LogP contribution is 2.41. The Bertz CT molecular complexity index is 1380. The number of hydrogen-bond donors (Lipinski definition) is 1. The molecule has 0 radical (unpaired) electrons. The van der Waals surface area contributed by atoms with Crippen molar-refractivity contribution in [3.8, 4) is 11.3 Å². The van der Waals surface area contributed by atoms with E-state index in [0.717, 1.165) is 24.8 Å². The van der Waals surface area contributed by atoms with Gasteiger partial charge in [-0.05, 0) is 50.3 Å². The first-order valence-corrected chi connectivity index (χ1v) is 12.5. The van der Waals surface area contributed by atoms with Gasteiger partial charge >= 0.3 is 6.18 Å². The molecule has 0 amide bonds. The maximum Gasteiger partial charge on any atom is 0.434 e. The number of alkyl halides is 5. The molecule has 0 saturated heterocycles. The van der Waals surface area contributed by atoms with E-state index in [1.165, 1.54) is 16.8 Å². The Morgan fingerprint density at radius 1 is 1.14 bits per heavy atom. The van der Waals surface area contributed by atoms with E-state index in [1.54, 1.807) is 0 Å². The van der Waals surface area contributed by atoms with Crippen LogP contribution in [0.1, 0.15) is 55.4 Å². The third-order valence-corrected chi connectivity index (χ3v) is 8.36. The minimum atomic E-state index is -4.87. The minimum Gasteiger partial charge on any atom is -0.329 e. The van der Waals surface area contributed by atoms with E-state index < -0.39 is 56.7 Å². The first-order chi connectivity index (χ1) is 16.5. The second-order valence-corrected chi connectivity index (χ2v) is 10.8. The summed E-state index contributed by atoms with van der Waals surface area (Å²) in [5.41, 5.74) is -2.69. The quantitative estimate of drug-likeness (QED) is 0.427. The Morgan fingerprint density at radius 2 is 1.86 bits per heavy atom. The third kappa shape index (κ3) is 4.39. The van der Waals surface area contributed by atoms with Crippen LogP contribution in [0, 0.1) is 5.82 Å². The molecule has 5 rings (SSSR count). The molecule has 188 valence electrons. The molecule has 1 N–H and O–H groups in total. The molecule has 2 aliphatic carbocycles. The van der Waals surface area contributed by atoms with Gasteiger partial charge in [-0.1, -0.05) is 0 Å². The number of hydrogen-bond acceptors (Lipinski definition) is 4. The summed E-state index contributed by atoms with van der Waals surface area (Å²) in [4.78, 5) is 7.49. The first kappa shape index (κ1) is 24.0. The molecular weight excluding hydrogens is 498 g/mol.